The van der Waals surface area contributed by atoms with Crippen LogP contribution < -0.4 is 4.90 Å². The number of hydrogen-bond acceptors (Lipinski definition) is 3. The van der Waals surface area contributed by atoms with E-state index in [-0.39, 0.29) is 12.0 Å². The fraction of sp³-hybridized carbons (Fsp3) is 0.533. The molecule has 1 aromatic carbocycles. The van der Waals surface area contributed by atoms with Gasteiger partial charge in [-0.05, 0) is 43.9 Å². The van der Waals surface area contributed by atoms with Crippen LogP contribution in [0.25, 0.3) is 0 Å². The van der Waals surface area contributed by atoms with E-state index in [2.05, 4.69) is 25.1 Å². The van der Waals surface area contributed by atoms with Gasteiger partial charge in [0, 0.05) is 11.5 Å². The van der Waals surface area contributed by atoms with E-state index in [9.17, 15) is 4.79 Å². The summed E-state index contributed by atoms with van der Waals surface area (Å²) in [6.07, 6.45) is 3.63. The molecule has 1 atom stereocenters. The van der Waals surface area contributed by atoms with E-state index >= 15 is 0 Å². The van der Waals surface area contributed by atoms with Gasteiger partial charge in [-0.15, -0.1) is 11.8 Å². The molecule has 0 unspecified atom stereocenters. The third-order valence-electron chi connectivity index (χ3n) is 3.72. The average molecular weight is 277 g/mol. The van der Waals surface area contributed by atoms with Crippen LogP contribution in [0, 0.1) is 6.92 Å². The summed E-state index contributed by atoms with van der Waals surface area (Å²) in [7, 11) is 0. The van der Waals surface area contributed by atoms with E-state index in [0.29, 0.717) is 12.3 Å². The van der Waals surface area contributed by atoms with Crippen LogP contribution in [0.1, 0.15) is 24.8 Å². The third-order valence-corrected chi connectivity index (χ3v) is 4.75. The van der Waals surface area contributed by atoms with Crippen molar-refractivity contribution in [2.45, 2.75) is 37.2 Å². The molecule has 102 valence electrons. The second-order valence-corrected chi connectivity index (χ2v) is 6.27. The molecule has 0 aromatic heterocycles. The molecule has 3 nitrogen and oxygen atoms in total. The Labute approximate surface area is 118 Å². The lowest BCUT2D eigenvalue weighted by molar-refractivity contribution is -0.116. The van der Waals surface area contributed by atoms with Crippen molar-refractivity contribution in [1.82, 2.24) is 0 Å². The van der Waals surface area contributed by atoms with E-state index in [0.717, 1.165) is 25.1 Å². The molecule has 2 aliphatic heterocycles. The smallest absolute Gasteiger partial charge is 0.237 e. The second-order valence-electron chi connectivity index (χ2n) is 5.25. The number of ether oxygens (including phenoxy) is 1. The predicted molar refractivity (Wildman–Crippen MR) is 77.8 cm³/mol. The average Bonchev–Trinajstić information content (AvgIpc) is 2.43. The standard InChI is InChI=1S/C15H19NO2S/c1-11-5-6-13-14(8-11)19-10-15(17)16(13)9-12-4-2-3-7-18-12/h5-6,8,12H,2-4,7,9-10H2,1H3/t12-/m0/s1. The molecule has 4 heteroatoms. The molecule has 0 radical (unpaired) electrons. The lowest BCUT2D eigenvalue weighted by Crippen LogP contribution is -2.42. The maximum Gasteiger partial charge on any atom is 0.237 e. The van der Waals surface area contributed by atoms with Gasteiger partial charge in [-0.1, -0.05) is 6.07 Å². The summed E-state index contributed by atoms with van der Waals surface area (Å²) in [4.78, 5) is 15.3. The zero-order valence-corrected chi connectivity index (χ0v) is 12.0. The molecule has 0 bridgehead atoms. The van der Waals surface area contributed by atoms with Crippen LogP contribution in [-0.4, -0.2) is 30.9 Å². The molecule has 2 aliphatic rings. The highest BCUT2D eigenvalue weighted by Crippen LogP contribution is 2.36. The molecule has 1 aromatic rings. The van der Waals surface area contributed by atoms with Crippen LogP contribution in [0.3, 0.4) is 0 Å². The number of benzene rings is 1. The van der Waals surface area contributed by atoms with Gasteiger partial charge in [-0.3, -0.25) is 4.79 Å². The number of anilines is 1. The highest BCUT2D eigenvalue weighted by Gasteiger charge is 2.28. The van der Waals surface area contributed by atoms with Crippen molar-refractivity contribution in [3.8, 4) is 0 Å². The van der Waals surface area contributed by atoms with Gasteiger partial charge in [0.15, 0.2) is 0 Å². The lowest BCUT2D eigenvalue weighted by atomic mass is 10.1. The minimum atomic E-state index is 0.204. The topological polar surface area (TPSA) is 29.5 Å². The van der Waals surface area contributed by atoms with Crippen LogP contribution in [0.15, 0.2) is 23.1 Å². The van der Waals surface area contributed by atoms with Crippen molar-refractivity contribution in [2.24, 2.45) is 0 Å². The third kappa shape index (κ3) is 2.79. The van der Waals surface area contributed by atoms with Crippen molar-refractivity contribution in [3.05, 3.63) is 23.8 Å². The van der Waals surface area contributed by atoms with Crippen molar-refractivity contribution < 1.29 is 9.53 Å². The van der Waals surface area contributed by atoms with Gasteiger partial charge in [0.25, 0.3) is 0 Å². The summed E-state index contributed by atoms with van der Waals surface area (Å²) in [5.41, 5.74) is 2.30. The molecule has 0 saturated carbocycles. The minimum Gasteiger partial charge on any atom is -0.376 e. The molecule has 3 rings (SSSR count). The Morgan fingerprint density at radius 2 is 2.32 bits per heavy atom. The number of aryl methyl sites for hydroxylation is 1. The first kappa shape index (κ1) is 13.0. The molecule has 1 saturated heterocycles. The van der Waals surface area contributed by atoms with E-state index in [1.54, 1.807) is 11.8 Å². The summed E-state index contributed by atoms with van der Waals surface area (Å²) in [6, 6.07) is 6.31. The molecule has 0 aliphatic carbocycles. The normalized spacial score (nSPS) is 23.3. The molecular weight excluding hydrogens is 258 g/mol. The first-order chi connectivity index (χ1) is 9.24. The van der Waals surface area contributed by atoms with Gasteiger partial charge in [0.05, 0.1) is 24.1 Å². The second kappa shape index (κ2) is 5.55. The summed E-state index contributed by atoms with van der Waals surface area (Å²) < 4.78 is 5.77. The number of nitrogens with zero attached hydrogens (tertiary/aromatic N) is 1. The van der Waals surface area contributed by atoms with Crippen LogP contribution in [0.4, 0.5) is 5.69 Å². The van der Waals surface area contributed by atoms with Gasteiger partial charge < -0.3 is 9.64 Å². The van der Waals surface area contributed by atoms with Gasteiger partial charge in [0.1, 0.15) is 0 Å². The summed E-state index contributed by atoms with van der Waals surface area (Å²) >= 11 is 1.64. The van der Waals surface area contributed by atoms with Gasteiger partial charge >= 0.3 is 0 Å². The van der Waals surface area contributed by atoms with Crippen LogP contribution in [-0.2, 0) is 9.53 Å². The maximum atomic E-state index is 12.2. The Balaban J connectivity index is 1.82. The molecule has 1 amide bonds. The van der Waals surface area contributed by atoms with E-state index < -0.39 is 0 Å². The quantitative estimate of drug-likeness (QED) is 0.832. The summed E-state index contributed by atoms with van der Waals surface area (Å²) in [6.45, 7) is 3.63. The first-order valence-corrected chi connectivity index (χ1v) is 7.88. The van der Waals surface area contributed by atoms with E-state index in [1.165, 1.54) is 16.9 Å². The zero-order chi connectivity index (χ0) is 13.2. The lowest BCUT2D eigenvalue weighted by Gasteiger charge is -2.33. The summed E-state index contributed by atoms with van der Waals surface area (Å²) in [5, 5.41) is 0. The Morgan fingerprint density at radius 1 is 1.42 bits per heavy atom. The van der Waals surface area contributed by atoms with Gasteiger partial charge in [-0.2, -0.15) is 0 Å². The zero-order valence-electron chi connectivity index (χ0n) is 11.2. The maximum absolute atomic E-state index is 12.2. The largest absolute Gasteiger partial charge is 0.376 e. The van der Waals surface area contributed by atoms with Crippen LogP contribution >= 0.6 is 11.8 Å². The van der Waals surface area contributed by atoms with Crippen molar-refractivity contribution in [3.63, 3.8) is 0 Å². The SMILES string of the molecule is Cc1ccc2c(c1)SCC(=O)N2C[C@@H]1CCCCO1. The van der Waals surface area contributed by atoms with Gasteiger partial charge in [0.2, 0.25) is 5.91 Å². The number of rotatable bonds is 2. The van der Waals surface area contributed by atoms with E-state index in [4.69, 9.17) is 4.74 Å². The Bertz CT molecular complexity index is 483. The first-order valence-electron chi connectivity index (χ1n) is 6.89. The predicted octanol–water partition coefficient (Wildman–Crippen LogP) is 3.00. The van der Waals surface area contributed by atoms with Crippen molar-refractivity contribution in [2.75, 3.05) is 23.8 Å². The number of thioether (sulfide) groups is 1. The number of carbonyl (C=O) groups excluding carboxylic acids is 1. The molecule has 1 fully saturated rings. The number of fused-ring (bicyclic) bond motifs is 1. The number of carbonyl (C=O) groups is 1. The molecule has 0 N–H and O–H groups in total. The Morgan fingerprint density at radius 3 is 3.11 bits per heavy atom. The highest BCUT2D eigenvalue weighted by atomic mass is 32.2. The molecule has 0 spiro atoms. The molecule has 2 heterocycles. The fourth-order valence-electron chi connectivity index (χ4n) is 2.67. The number of hydrogen-bond donors (Lipinski definition) is 0. The Kier molecular flexibility index (Phi) is 3.80. The molecular formula is C15H19NO2S. The number of amides is 1. The van der Waals surface area contributed by atoms with Crippen LogP contribution in [0.2, 0.25) is 0 Å². The van der Waals surface area contributed by atoms with E-state index in [1.807, 2.05) is 4.90 Å². The monoisotopic (exact) mass is 277 g/mol. The Hall–Kier alpha value is -1.00. The van der Waals surface area contributed by atoms with Crippen molar-refractivity contribution in [1.29, 1.82) is 0 Å². The minimum absolute atomic E-state index is 0.204. The van der Waals surface area contributed by atoms with Gasteiger partial charge in [-0.25, -0.2) is 0 Å². The highest BCUT2D eigenvalue weighted by molar-refractivity contribution is 8.00. The molecule has 19 heavy (non-hydrogen) atoms. The summed E-state index contributed by atoms with van der Waals surface area (Å²) in [5.74, 6) is 0.749. The van der Waals surface area contributed by atoms with Crippen LogP contribution in [0.5, 0.6) is 0 Å². The fourth-order valence-corrected chi connectivity index (χ4v) is 3.70. The van der Waals surface area contributed by atoms with Crippen molar-refractivity contribution >= 4 is 23.4 Å².